The fourth-order valence-electron chi connectivity index (χ4n) is 5.79. The maximum absolute atomic E-state index is 14.4. The number of likely N-dealkylation sites (N-methyl/N-ethyl adjacent to an activating group) is 1. The molecule has 1 amide bonds. The van der Waals surface area contributed by atoms with E-state index in [1.165, 1.54) is 12.1 Å². The highest BCUT2D eigenvalue weighted by Gasteiger charge is 2.31. The monoisotopic (exact) mass is 687 g/mol. The number of carbonyl (C=O) groups excluding carboxylic acids is 1. The minimum absolute atomic E-state index is 0.0982. The molecular weight excluding hydrogens is 643 g/mol. The Balaban J connectivity index is 1.40. The third-order valence-corrected chi connectivity index (χ3v) is 11.2. The standard InChI is InChI=1S/C34H45N3O8S2/c1-23-18-37(24(2)21-38)34(39)28-17-27(35-47(40,41)33-9-7-15-46-33)11-13-29(28)45-25(3)8-5-6-14-42-32(23)20-36(4)19-26-10-12-30-31(16-26)44-22-43-30/h7,9-13,15-17,23-25,32,35,38H,5-6,8,14,18-22H2,1-4H3/t23-,24+,25-,32+/m0/s1. The molecule has 13 heteroatoms. The van der Waals surface area contributed by atoms with Crippen molar-refractivity contribution >= 4 is 33.0 Å². The number of carbonyl (C=O) groups is 1. The van der Waals surface area contributed by atoms with Gasteiger partial charge in [-0.15, -0.1) is 11.3 Å². The smallest absolute Gasteiger partial charge is 0.271 e. The van der Waals surface area contributed by atoms with Gasteiger partial charge in [-0.1, -0.05) is 19.1 Å². The molecule has 256 valence electrons. The molecule has 1 aromatic heterocycles. The number of nitrogens with zero attached hydrogens (tertiary/aromatic N) is 2. The van der Waals surface area contributed by atoms with Crippen molar-refractivity contribution in [2.24, 2.45) is 5.92 Å². The van der Waals surface area contributed by atoms with Crippen LogP contribution in [0.1, 0.15) is 56.0 Å². The topological polar surface area (TPSA) is 127 Å². The fraction of sp³-hybridized carbons (Fsp3) is 0.500. The second kappa shape index (κ2) is 15.7. The Kier molecular flexibility index (Phi) is 11.7. The number of fused-ring (bicyclic) bond motifs is 2. The van der Waals surface area contributed by atoms with Crippen LogP contribution in [0, 0.1) is 5.92 Å². The van der Waals surface area contributed by atoms with Crippen molar-refractivity contribution < 1.29 is 37.3 Å². The predicted molar refractivity (Wildman–Crippen MR) is 181 cm³/mol. The molecule has 3 aromatic rings. The minimum Gasteiger partial charge on any atom is -0.490 e. The number of amides is 1. The number of sulfonamides is 1. The van der Waals surface area contributed by atoms with Gasteiger partial charge in [0.25, 0.3) is 15.9 Å². The quantitative estimate of drug-likeness (QED) is 0.312. The average Bonchev–Trinajstić information content (AvgIpc) is 3.75. The summed E-state index contributed by atoms with van der Waals surface area (Å²) in [5, 5.41) is 11.9. The molecule has 0 fully saturated rings. The Hall–Kier alpha value is -3.36. The molecule has 4 atom stereocenters. The number of anilines is 1. The predicted octanol–water partition coefficient (Wildman–Crippen LogP) is 5.21. The minimum atomic E-state index is -3.83. The van der Waals surface area contributed by atoms with Crippen LogP contribution >= 0.6 is 11.3 Å². The van der Waals surface area contributed by atoms with E-state index >= 15 is 0 Å². The number of thiophene rings is 1. The number of aliphatic hydroxyl groups excluding tert-OH is 1. The highest BCUT2D eigenvalue weighted by molar-refractivity contribution is 7.94. The van der Waals surface area contributed by atoms with Crippen LogP contribution in [0.15, 0.2) is 58.1 Å². The van der Waals surface area contributed by atoms with Crippen LogP contribution in [-0.2, 0) is 21.3 Å². The Morgan fingerprint density at radius 3 is 2.64 bits per heavy atom. The maximum Gasteiger partial charge on any atom is 0.271 e. The first-order valence-corrected chi connectivity index (χ1v) is 18.4. The summed E-state index contributed by atoms with van der Waals surface area (Å²) in [4.78, 5) is 18.2. The Morgan fingerprint density at radius 2 is 1.87 bits per heavy atom. The zero-order valence-corrected chi connectivity index (χ0v) is 29.0. The third kappa shape index (κ3) is 8.96. The Morgan fingerprint density at radius 1 is 1.09 bits per heavy atom. The molecule has 0 spiro atoms. The van der Waals surface area contributed by atoms with Crippen LogP contribution in [-0.4, -0.2) is 87.6 Å². The normalized spacial score (nSPS) is 21.5. The van der Waals surface area contributed by atoms with Crippen molar-refractivity contribution in [3.63, 3.8) is 0 Å². The molecular formula is C34H45N3O8S2. The van der Waals surface area contributed by atoms with Gasteiger partial charge in [-0.2, -0.15) is 0 Å². The van der Waals surface area contributed by atoms with Crippen molar-refractivity contribution in [2.75, 3.05) is 44.9 Å². The van der Waals surface area contributed by atoms with Crippen molar-refractivity contribution in [3.8, 4) is 17.2 Å². The van der Waals surface area contributed by atoms with Crippen LogP contribution in [0.25, 0.3) is 0 Å². The van der Waals surface area contributed by atoms with E-state index in [2.05, 4.69) is 16.5 Å². The van der Waals surface area contributed by atoms with Gasteiger partial charge in [-0.25, -0.2) is 8.42 Å². The zero-order valence-electron chi connectivity index (χ0n) is 27.4. The van der Waals surface area contributed by atoms with Gasteiger partial charge in [0.15, 0.2) is 11.5 Å². The molecule has 47 heavy (non-hydrogen) atoms. The lowest BCUT2D eigenvalue weighted by Gasteiger charge is -2.36. The molecule has 0 saturated carbocycles. The summed E-state index contributed by atoms with van der Waals surface area (Å²) in [5.74, 6) is 1.40. The summed E-state index contributed by atoms with van der Waals surface area (Å²) in [6.45, 7) is 7.97. The van der Waals surface area contributed by atoms with Crippen LogP contribution in [0.2, 0.25) is 0 Å². The molecule has 0 saturated heterocycles. The first-order valence-electron chi connectivity index (χ1n) is 16.0. The van der Waals surface area contributed by atoms with Gasteiger partial charge in [-0.3, -0.25) is 14.4 Å². The van der Waals surface area contributed by atoms with E-state index in [-0.39, 0.29) is 52.9 Å². The number of rotatable bonds is 9. The van der Waals surface area contributed by atoms with Gasteiger partial charge < -0.3 is 29.0 Å². The molecule has 2 N–H and O–H groups in total. The number of hydrogen-bond acceptors (Lipinski definition) is 10. The van der Waals surface area contributed by atoms with Gasteiger partial charge in [0.2, 0.25) is 6.79 Å². The number of benzene rings is 2. The van der Waals surface area contributed by atoms with Crippen LogP contribution < -0.4 is 18.9 Å². The summed E-state index contributed by atoms with van der Waals surface area (Å²) in [6.07, 6.45) is 2.10. The average molecular weight is 688 g/mol. The van der Waals surface area contributed by atoms with Gasteiger partial charge in [0.1, 0.15) is 9.96 Å². The Bertz CT molecular complexity index is 1600. The van der Waals surface area contributed by atoms with E-state index in [1.807, 2.05) is 32.2 Å². The summed E-state index contributed by atoms with van der Waals surface area (Å²) in [5.41, 5.74) is 1.57. The Labute approximate surface area is 281 Å². The molecule has 11 nitrogen and oxygen atoms in total. The van der Waals surface area contributed by atoms with Crippen LogP contribution in [0.3, 0.4) is 0 Å². The van der Waals surface area contributed by atoms with Gasteiger partial charge >= 0.3 is 0 Å². The molecule has 0 unspecified atom stereocenters. The SMILES string of the molecule is C[C@H](CO)N1C[C@H](C)[C@@H](CN(C)Cc2ccc3c(c2)OCO3)OCCCC[C@H](C)Oc2ccc(NS(=O)(=O)c3cccs3)cc2C1=O. The first-order chi connectivity index (χ1) is 22.5. The number of aliphatic hydroxyl groups is 1. The number of hydrogen-bond donors (Lipinski definition) is 2. The summed E-state index contributed by atoms with van der Waals surface area (Å²) in [6, 6.07) is 13.4. The van der Waals surface area contributed by atoms with E-state index in [0.717, 1.165) is 47.7 Å². The van der Waals surface area contributed by atoms with E-state index < -0.39 is 16.1 Å². The largest absolute Gasteiger partial charge is 0.490 e. The second-order valence-electron chi connectivity index (χ2n) is 12.4. The maximum atomic E-state index is 14.4. The summed E-state index contributed by atoms with van der Waals surface area (Å²) < 4.78 is 52.5. The van der Waals surface area contributed by atoms with E-state index in [0.29, 0.717) is 32.0 Å². The first kappa shape index (κ1) is 35.0. The molecule has 0 bridgehead atoms. The van der Waals surface area contributed by atoms with Crippen molar-refractivity contribution in [1.29, 1.82) is 0 Å². The fourth-order valence-corrected chi connectivity index (χ4v) is 7.84. The van der Waals surface area contributed by atoms with Crippen LogP contribution in [0.4, 0.5) is 5.69 Å². The van der Waals surface area contributed by atoms with Crippen LogP contribution in [0.5, 0.6) is 17.2 Å². The lowest BCUT2D eigenvalue weighted by Crippen LogP contribution is -2.47. The van der Waals surface area contributed by atoms with Gasteiger partial charge in [0, 0.05) is 37.8 Å². The molecule has 0 radical (unpaired) electrons. The highest BCUT2D eigenvalue weighted by atomic mass is 32.2. The molecule has 2 aliphatic rings. The van der Waals surface area contributed by atoms with E-state index in [9.17, 15) is 18.3 Å². The van der Waals surface area contributed by atoms with Crippen molar-refractivity contribution in [2.45, 2.75) is 69.0 Å². The summed E-state index contributed by atoms with van der Waals surface area (Å²) in [7, 11) is -1.79. The van der Waals surface area contributed by atoms with E-state index in [1.54, 1.807) is 35.4 Å². The van der Waals surface area contributed by atoms with Gasteiger partial charge in [0.05, 0.1) is 30.4 Å². The molecule has 3 heterocycles. The van der Waals surface area contributed by atoms with Gasteiger partial charge in [-0.05, 0) is 87.5 Å². The zero-order chi connectivity index (χ0) is 33.6. The van der Waals surface area contributed by atoms with Crippen molar-refractivity contribution in [3.05, 3.63) is 65.0 Å². The molecule has 2 aromatic carbocycles. The summed E-state index contributed by atoms with van der Waals surface area (Å²) >= 11 is 1.11. The molecule has 5 rings (SSSR count). The second-order valence-corrected chi connectivity index (χ2v) is 15.3. The highest BCUT2D eigenvalue weighted by Crippen LogP contribution is 2.33. The molecule has 0 aliphatic carbocycles. The third-order valence-electron chi connectivity index (χ3n) is 8.44. The lowest BCUT2D eigenvalue weighted by atomic mass is 10.0. The number of nitrogens with one attached hydrogen (secondary N) is 1. The van der Waals surface area contributed by atoms with E-state index in [4.69, 9.17) is 18.9 Å². The number of ether oxygens (including phenoxy) is 4. The molecule has 2 aliphatic heterocycles. The lowest BCUT2D eigenvalue weighted by molar-refractivity contribution is -0.0177. The van der Waals surface area contributed by atoms with Crippen molar-refractivity contribution in [1.82, 2.24) is 9.80 Å².